The van der Waals surface area contributed by atoms with Crippen LogP contribution in [0.2, 0.25) is 0 Å². The molecule has 0 saturated carbocycles. The Hall–Kier alpha value is -1.92. The summed E-state index contributed by atoms with van der Waals surface area (Å²) in [5.74, 6) is -2.61. The highest BCUT2D eigenvalue weighted by Gasteiger charge is 2.35. The number of aliphatic hydroxyl groups is 1. The number of nitrogens with zero attached hydrogens (tertiary/aromatic N) is 2. The van der Waals surface area contributed by atoms with E-state index in [1.54, 1.807) is 39.5 Å². The van der Waals surface area contributed by atoms with Crippen LogP contribution in [0.1, 0.15) is 53.9 Å². The van der Waals surface area contributed by atoms with Crippen LogP contribution >= 0.6 is 0 Å². The Morgan fingerprint density at radius 2 is 1.72 bits per heavy atom. The Balaban J connectivity index is 2.10. The van der Waals surface area contributed by atoms with Gasteiger partial charge in [-0.2, -0.15) is 0 Å². The lowest BCUT2D eigenvalue weighted by molar-refractivity contribution is -0.139. The third-order valence-electron chi connectivity index (χ3n) is 5.99. The summed E-state index contributed by atoms with van der Waals surface area (Å²) in [7, 11) is -3.59. The number of sulfone groups is 1. The van der Waals surface area contributed by atoms with Gasteiger partial charge in [0.1, 0.15) is 5.60 Å². The first-order valence-corrected chi connectivity index (χ1v) is 14.5. The molecule has 0 spiro atoms. The molecule has 3 unspecified atom stereocenters. The molecule has 2 fully saturated rings. The number of hydrogen-bond donors (Lipinski definition) is 2. The molecule has 0 aliphatic carbocycles. The van der Waals surface area contributed by atoms with E-state index in [0.717, 1.165) is 0 Å². The maximum Gasteiger partial charge on any atom is 0.410 e. The second kappa shape index (κ2) is 13.0. The summed E-state index contributed by atoms with van der Waals surface area (Å²) in [6, 6.07) is -0.682. The molecule has 0 aromatic heterocycles. The van der Waals surface area contributed by atoms with Gasteiger partial charge in [0.2, 0.25) is 11.8 Å². The van der Waals surface area contributed by atoms with Gasteiger partial charge in [-0.15, -0.1) is 0 Å². The van der Waals surface area contributed by atoms with Gasteiger partial charge in [-0.05, 0) is 39.5 Å². The molecule has 2 rings (SSSR count). The highest BCUT2D eigenvalue weighted by Crippen LogP contribution is 2.19. The van der Waals surface area contributed by atoms with Crippen LogP contribution < -0.4 is 5.32 Å². The number of nitrogens with one attached hydrogen (secondary N) is 1. The largest absolute Gasteiger partial charge is 0.444 e. The maximum atomic E-state index is 13.3. The number of ether oxygens (including phenoxy) is 2. The molecule has 2 aliphatic heterocycles. The summed E-state index contributed by atoms with van der Waals surface area (Å²) in [6.45, 7) is 10.8. The number of likely N-dealkylation sites (tertiary alicyclic amines) is 1. The summed E-state index contributed by atoms with van der Waals surface area (Å²) < 4.78 is 36.1. The van der Waals surface area contributed by atoms with Gasteiger partial charge in [0.05, 0.1) is 49.3 Å². The van der Waals surface area contributed by atoms with Gasteiger partial charge in [0.25, 0.3) is 0 Å². The molecule has 0 aromatic carbocycles. The van der Waals surface area contributed by atoms with E-state index in [1.165, 1.54) is 4.90 Å². The number of carbonyl (C=O) groups excluding carboxylic acids is 3. The first-order chi connectivity index (χ1) is 16.7. The van der Waals surface area contributed by atoms with Crippen molar-refractivity contribution < 1.29 is 37.4 Å². The van der Waals surface area contributed by atoms with E-state index in [0.29, 0.717) is 45.7 Å². The van der Waals surface area contributed by atoms with Crippen LogP contribution in [-0.4, -0.2) is 110 Å². The van der Waals surface area contributed by atoms with Gasteiger partial charge < -0.3 is 29.7 Å². The Labute approximate surface area is 214 Å². The fraction of sp³-hybridized carbons (Fsp3) is 0.875. The van der Waals surface area contributed by atoms with Gasteiger partial charge in [0.15, 0.2) is 9.84 Å². The average Bonchev–Trinajstić information content (AvgIpc) is 2.93. The topological polar surface area (TPSA) is 143 Å². The van der Waals surface area contributed by atoms with E-state index >= 15 is 0 Å². The molecule has 0 aromatic rings. The van der Waals surface area contributed by atoms with Crippen molar-refractivity contribution in [3.63, 3.8) is 0 Å². The molecular formula is C24H43N3O8S. The standard InChI is InChI=1S/C24H43N3O8S/c1-17(2)15-36(32,33)16-18(13-21(29)26-9-11-34-12-10-26)22(30)25-19-7-6-8-27(14-20(19)28)23(31)35-24(3,4)5/h17-20,28H,6-16H2,1-5H3,(H,25,30). The van der Waals surface area contributed by atoms with Crippen LogP contribution in [-0.2, 0) is 28.9 Å². The molecule has 3 atom stereocenters. The lowest BCUT2D eigenvalue weighted by atomic mass is 10.0. The Morgan fingerprint density at radius 1 is 1.08 bits per heavy atom. The van der Waals surface area contributed by atoms with Crippen molar-refractivity contribution in [2.75, 3.05) is 50.9 Å². The fourth-order valence-electron chi connectivity index (χ4n) is 4.36. The maximum absolute atomic E-state index is 13.3. The third kappa shape index (κ3) is 10.2. The van der Waals surface area contributed by atoms with Gasteiger partial charge in [-0.25, -0.2) is 13.2 Å². The number of morpholine rings is 1. The minimum Gasteiger partial charge on any atom is -0.444 e. The van der Waals surface area contributed by atoms with Crippen molar-refractivity contribution in [3.8, 4) is 0 Å². The highest BCUT2D eigenvalue weighted by atomic mass is 32.2. The molecule has 2 N–H and O–H groups in total. The van der Waals surface area contributed by atoms with E-state index in [1.807, 2.05) is 0 Å². The van der Waals surface area contributed by atoms with Crippen LogP contribution in [0.3, 0.4) is 0 Å². The van der Waals surface area contributed by atoms with Gasteiger partial charge in [-0.1, -0.05) is 13.8 Å². The van der Waals surface area contributed by atoms with E-state index < -0.39 is 51.3 Å². The summed E-state index contributed by atoms with van der Waals surface area (Å²) >= 11 is 0. The molecule has 0 radical (unpaired) electrons. The zero-order chi connectivity index (χ0) is 27.1. The van der Waals surface area contributed by atoms with Crippen molar-refractivity contribution in [1.82, 2.24) is 15.1 Å². The van der Waals surface area contributed by atoms with Crippen LogP contribution in [0.5, 0.6) is 0 Å². The summed E-state index contributed by atoms with van der Waals surface area (Å²) in [5, 5.41) is 13.5. The van der Waals surface area contributed by atoms with Crippen molar-refractivity contribution >= 4 is 27.7 Å². The lowest BCUT2D eigenvalue weighted by Crippen LogP contribution is -2.50. The summed E-state index contributed by atoms with van der Waals surface area (Å²) in [4.78, 5) is 41.6. The predicted octanol–water partition coefficient (Wildman–Crippen LogP) is 0.799. The Bertz CT molecular complexity index is 865. The predicted molar refractivity (Wildman–Crippen MR) is 134 cm³/mol. The second-order valence-corrected chi connectivity index (χ2v) is 13.3. The average molecular weight is 534 g/mol. The van der Waals surface area contributed by atoms with E-state index in [4.69, 9.17) is 9.47 Å². The number of carbonyl (C=O) groups is 3. The van der Waals surface area contributed by atoms with Crippen LogP contribution in [0.25, 0.3) is 0 Å². The quantitative estimate of drug-likeness (QED) is 0.467. The van der Waals surface area contributed by atoms with Crippen LogP contribution in [0, 0.1) is 11.8 Å². The molecule has 11 nitrogen and oxygen atoms in total. The molecule has 36 heavy (non-hydrogen) atoms. The number of hydrogen-bond acceptors (Lipinski definition) is 8. The summed E-state index contributed by atoms with van der Waals surface area (Å²) in [6.07, 6.45) is -0.927. The molecule has 3 amide bonds. The third-order valence-corrected chi connectivity index (χ3v) is 8.08. The first-order valence-electron chi connectivity index (χ1n) is 12.7. The normalized spacial score (nSPS) is 22.6. The number of rotatable bonds is 8. The smallest absolute Gasteiger partial charge is 0.410 e. The Morgan fingerprint density at radius 3 is 2.31 bits per heavy atom. The number of amides is 3. The molecule has 12 heteroatoms. The minimum atomic E-state index is -3.59. The van der Waals surface area contributed by atoms with E-state index in [-0.39, 0.29) is 30.5 Å². The monoisotopic (exact) mass is 533 g/mol. The van der Waals surface area contributed by atoms with Crippen molar-refractivity contribution in [2.45, 2.75) is 71.6 Å². The molecule has 0 bridgehead atoms. The van der Waals surface area contributed by atoms with Crippen molar-refractivity contribution in [3.05, 3.63) is 0 Å². The molecule has 2 saturated heterocycles. The number of aliphatic hydroxyl groups excluding tert-OH is 1. The molecule has 2 aliphatic rings. The van der Waals surface area contributed by atoms with Gasteiger partial charge in [0, 0.05) is 26.1 Å². The zero-order valence-electron chi connectivity index (χ0n) is 22.2. The Kier molecular flexibility index (Phi) is 11.0. The van der Waals surface area contributed by atoms with Crippen molar-refractivity contribution in [2.24, 2.45) is 11.8 Å². The second-order valence-electron chi connectivity index (χ2n) is 11.1. The minimum absolute atomic E-state index is 0.0249. The van der Waals surface area contributed by atoms with E-state index in [2.05, 4.69) is 5.32 Å². The first kappa shape index (κ1) is 30.3. The zero-order valence-corrected chi connectivity index (χ0v) is 23.0. The summed E-state index contributed by atoms with van der Waals surface area (Å²) in [5.41, 5.74) is -0.677. The van der Waals surface area contributed by atoms with Crippen LogP contribution in [0.4, 0.5) is 4.79 Å². The highest BCUT2D eigenvalue weighted by molar-refractivity contribution is 7.91. The SMILES string of the molecule is CC(C)CS(=O)(=O)CC(CC(=O)N1CCOCC1)C(=O)NC1CCCN(C(=O)OC(C)(C)C)CC1O. The van der Waals surface area contributed by atoms with Crippen molar-refractivity contribution in [1.29, 1.82) is 0 Å². The molecule has 208 valence electrons. The lowest BCUT2D eigenvalue weighted by Gasteiger charge is -2.30. The van der Waals surface area contributed by atoms with Crippen LogP contribution in [0.15, 0.2) is 0 Å². The fourth-order valence-corrected chi connectivity index (χ4v) is 6.40. The van der Waals surface area contributed by atoms with Gasteiger partial charge >= 0.3 is 6.09 Å². The van der Waals surface area contributed by atoms with E-state index in [9.17, 15) is 27.9 Å². The number of β-amino-alcohol motifs (C(OH)–C–C–N with tert-alkyl or cyclic N) is 1. The molecular weight excluding hydrogens is 490 g/mol. The van der Waals surface area contributed by atoms with Gasteiger partial charge in [-0.3, -0.25) is 9.59 Å². The molecule has 2 heterocycles.